The van der Waals surface area contributed by atoms with Crippen molar-refractivity contribution in [2.45, 2.75) is 12.5 Å². The summed E-state index contributed by atoms with van der Waals surface area (Å²) in [6.07, 6.45) is 1.92. The summed E-state index contributed by atoms with van der Waals surface area (Å²) in [6.45, 7) is 1.97. The molecule has 0 saturated heterocycles. The third kappa shape index (κ3) is 3.28. The molecule has 1 aromatic heterocycles. The van der Waals surface area contributed by atoms with Crippen LogP contribution in [0.4, 0.5) is 0 Å². The molecule has 31 heavy (non-hydrogen) atoms. The van der Waals surface area contributed by atoms with Crippen molar-refractivity contribution >= 4 is 21.7 Å². The first kappa shape index (κ1) is 18.2. The van der Waals surface area contributed by atoms with Gasteiger partial charge in [0.25, 0.3) is 0 Å². The molecule has 0 bridgehead atoms. The quantitative estimate of drug-likeness (QED) is 0.362. The van der Waals surface area contributed by atoms with Crippen LogP contribution < -0.4 is 0 Å². The number of para-hydroxylation sites is 1. The highest BCUT2D eigenvalue weighted by molar-refractivity contribution is 5.83. The van der Waals surface area contributed by atoms with Gasteiger partial charge in [-0.05, 0) is 46.6 Å². The van der Waals surface area contributed by atoms with Gasteiger partial charge in [0, 0.05) is 36.2 Å². The molecule has 0 saturated carbocycles. The molecule has 0 aliphatic carbocycles. The average molecular weight is 402 g/mol. The lowest BCUT2D eigenvalue weighted by Gasteiger charge is -2.33. The van der Waals surface area contributed by atoms with Crippen LogP contribution in [-0.2, 0) is 6.54 Å². The largest absolute Gasteiger partial charge is 0.301 e. The number of hydrogen-bond acceptors (Lipinski definition) is 3. The number of hydrogen-bond donors (Lipinski definition) is 0. The summed E-state index contributed by atoms with van der Waals surface area (Å²) in [4.78, 5) is 11.8. The first-order valence-electron chi connectivity index (χ1n) is 10.8. The van der Waals surface area contributed by atoms with Crippen LogP contribution in [0.3, 0.4) is 0 Å². The lowest BCUT2D eigenvalue weighted by Crippen LogP contribution is -2.31. The fraction of sp³-hybridized carbons (Fsp3) is 0.143. The zero-order valence-corrected chi connectivity index (χ0v) is 17.5. The van der Waals surface area contributed by atoms with Crippen LogP contribution in [0, 0.1) is 0 Å². The molecule has 0 radical (unpaired) electrons. The lowest BCUT2D eigenvalue weighted by atomic mass is 9.83. The van der Waals surface area contributed by atoms with E-state index in [-0.39, 0.29) is 0 Å². The second-order valence-electron chi connectivity index (χ2n) is 8.52. The van der Waals surface area contributed by atoms with Crippen LogP contribution in [0.1, 0.15) is 22.6 Å². The van der Waals surface area contributed by atoms with E-state index in [1.54, 1.807) is 0 Å². The Kier molecular flexibility index (Phi) is 4.29. The van der Waals surface area contributed by atoms with Gasteiger partial charge in [-0.1, -0.05) is 72.8 Å². The molecule has 1 unspecified atom stereocenters. The summed E-state index contributed by atoms with van der Waals surface area (Å²) in [5.74, 6) is 1.15. The fourth-order valence-electron chi connectivity index (χ4n) is 4.81. The Hall–Kier alpha value is -3.56. The SMILES string of the molecule is CN1Cc2cc(-c3ncc4ccccc4n3)ccc2C(c2ccc3ccccc3c2)C1. The molecular weight excluding hydrogens is 378 g/mol. The van der Waals surface area contributed by atoms with Crippen LogP contribution in [0.5, 0.6) is 0 Å². The second kappa shape index (κ2) is 7.29. The van der Waals surface area contributed by atoms with Gasteiger partial charge in [0.15, 0.2) is 5.82 Å². The Morgan fingerprint density at radius 3 is 2.52 bits per heavy atom. The van der Waals surface area contributed by atoms with Gasteiger partial charge in [-0.3, -0.25) is 0 Å². The normalized spacial score (nSPS) is 16.5. The number of nitrogens with zero attached hydrogens (tertiary/aromatic N) is 3. The third-order valence-corrected chi connectivity index (χ3v) is 6.38. The van der Waals surface area contributed by atoms with E-state index in [2.05, 4.69) is 83.7 Å². The molecule has 150 valence electrons. The van der Waals surface area contributed by atoms with E-state index in [9.17, 15) is 0 Å². The number of aromatic nitrogens is 2. The molecule has 2 heterocycles. The van der Waals surface area contributed by atoms with Crippen molar-refractivity contribution in [3.05, 3.63) is 108 Å². The number of fused-ring (bicyclic) bond motifs is 3. The summed E-state index contributed by atoms with van der Waals surface area (Å²) in [6, 6.07) is 30.4. The maximum Gasteiger partial charge on any atom is 0.159 e. The van der Waals surface area contributed by atoms with E-state index >= 15 is 0 Å². The van der Waals surface area contributed by atoms with Gasteiger partial charge in [-0.15, -0.1) is 0 Å². The van der Waals surface area contributed by atoms with E-state index in [1.165, 1.54) is 27.5 Å². The third-order valence-electron chi connectivity index (χ3n) is 6.38. The maximum atomic E-state index is 4.80. The first-order chi connectivity index (χ1) is 15.2. The number of likely N-dealkylation sites (N-methyl/N-ethyl adjacent to an activating group) is 1. The Bertz CT molecular complexity index is 1420. The van der Waals surface area contributed by atoms with E-state index in [0.717, 1.165) is 35.4 Å². The standard InChI is InChI=1S/C28H23N3/c1-31-17-24-15-22(28-29-16-23-8-4-5-9-27(23)30-28)12-13-25(24)26(18-31)21-11-10-19-6-2-3-7-20(19)14-21/h2-16,26H,17-18H2,1H3. The molecule has 1 aliphatic rings. The maximum absolute atomic E-state index is 4.80. The molecule has 5 aromatic rings. The van der Waals surface area contributed by atoms with Crippen molar-refractivity contribution < 1.29 is 0 Å². The minimum absolute atomic E-state index is 0.366. The van der Waals surface area contributed by atoms with E-state index < -0.39 is 0 Å². The predicted molar refractivity (Wildman–Crippen MR) is 127 cm³/mol. The van der Waals surface area contributed by atoms with Gasteiger partial charge >= 0.3 is 0 Å². The smallest absolute Gasteiger partial charge is 0.159 e. The molecule has 4 aromatic carbocycles. The molecule has 3 nitrogen and oxygen atoms in total. The van der Waals surface area contributed by atoms with Gasteiger partial charge in [0.05, 0.1) is 5.52 Å². The molecule has 0 amide bonds. The second-order valence-corrected chi connectivity index (χ2v) is 8.52. The van der Waals surface area contributed by atoms with Crippen molar-refractivity contribution in [3.8, 4) is 11.4 Å². The van der Waals surface area contributed by atoms with Crippen LogP contribution in [0.2, 0.25) is 0 Å². The van der Waals surface area contributed by atoms with Crippen molar-refractivity contribution in [1.82, 2.24) is 14.9 Å². The Morgan fingerprint density at radius 1 is 0.806 bits per heavy atom. The van der Waals surface area contributed by atoms with E-state index in [1.807, 2.05) is 24.4 Å². The highest BCUT2D eigenvalue weighted by Gasteiger charge is 2.25. The molecule has 6 rings (SSSR count). The summed E-state index contributed by atoms with van der Waals surface area (Å²) in [5.41, 5.74) is 6.22. The van der Waals surface area contributed by atoms with E-state index in [0.29, 0.717) is 5.92 Å². The molecule has 1 aliphatic heterocycles. The number of rotatable bonds is 2. The Labute approximate surface area is 182 Å². The monoisotopic (exact) mass is 401 g/mol. The molecule has 3 heteroatoms. The molecule has 1 atom stereocenters. The van der Waals surface area contributed by atoms with Crippen LogP contribution in [0.15, 0.2) is 91.1 Å². The fourth-order valence-corrected chi connectivity index (χ4v) is 4.81. The topological polar surface area (TPSA) is 29.0 Å². The minimum atomic E-state index is 0.366. The van der Waals surface area contributed by atoms with Gasteiger partial charge < -0.3 is 4.90 Å². The Morgan fingerprint density at radius 2 is 1.61 bits per heavy atom. The summed E-state index contributed by atoms with van der Waals surface area (Å²) in [5, 5.41) is 3.66. The van der Waals surface area contributed by atoms with Crippen molar-refractivity contribution in [2.75, 3.05) is 13.6 Å². The highest BCUT2D eigenvalue weighted by atomic mass is 15.1. The summed E-state index contributed by atoms with van der Waals surface area (Å²) in [7, 11) is 2.20. The first-order valence-corrected chi connectivity index (χ1v) is 10.8. The summed E-state index contributed by atoms with van der Waals surface area (Å²) >= 11 is 0. The summed E-state index contributed by atoms with van der Waals surface area (Å²) < 4.78 is 0. The number of benzene rings is 4. The Balaban J connectivity index is 1.42. The van der Waals surface area contributed by atoms with Gasteiger partial charge in [0.1, 0.15) is 0 Å². The highest BCUT2D eigenvalue weighted by Crippen LogP contribution is 2.36. The predicted octanol–water partition coefficient (Wildman–Crippen LogP) is 6.03. The van der Waals surface area contributed by atoms with Crippen LogP contribution in [0.25, 0.3) is 33.1 Å². The molecule has 0 N–H and O–H groups in total. The zero-order valence-electron chi connectivity index (χ0n) is 17.5. The molecule has 0 spiro atoms. The van der Waals surface area contributed by atoms with Crippen LogP contribution in [-0.4, -0.2) is 28.5 Å². The average Bonchev–Trinajstić information content (AvgIpc) is 2.82. The van der Waals surface area contributed by atoms with Gasteiger partial charge in [-0.2, -0.15) is 0 Å². The molecule has 0 fully saturated rings. The lowest BCUT2D eigenvalue weighted by molar-refractivity contribution is 0.295. The van der Waals surface area contributed by atoms with Gasteiger partial charge in [-0.25, -0.2) is 9.97 Å². The van der Waals surface area contributed by atoms with Crippen molar-refractivity contribution in [2.24, 2.45) is 0 Å². The van der Waals surface area contributed by atoms with Crippen molar-refractivity contribution in [3.63, 3.8) is 0 Å². The zero-order chi connectivity index (χ0) is 20.8. The van der Waals surface area contributed by atoms with E-state index in [4.69, 9.17) is 4.98 Å². The van der Waals surface area contributed by atoms with Crippen molar-refractivity contribution in [1.29, 1.82) is 0 Å². The van der Waals surface area contributed by atoms with Gasteiger partial charge in [0.2, 0.25) is 0 Å². The van der Waals surface area contributed by atoms with Crippen LogP contribution >= 0.6 is 0 Å². The minimum Gasteiger partial charge on any atom is -0.301 e. The molecular formula is C28H23N3.